The number of hydrogen-bond acceptors (Lipinski definition) is 7. The molecule has 13 heteroatoms. The van der Waals surface area contributed by atoms with Crippen molar-refractivity contribution in [3.63, 3.8) is 0 Å². The number of benzene rings is 1. The molecule has 2 atom stereocenters. The van der Waals surface area contributed by atoms with Crippen molar-refractivity contribution in [1.82, 2.24) is 24.6 Å². The number of alkyl halides is 2. The first kappa shape index (κ1) is 32.0. The molecule has 3 aromatic heterocycles. The Kier molecular flexibility index (Phi) is 8.10. The summed E-state index contributed by atoms with van der Waals surface area (Å²) in [5.74, 6) is -3.94. The van der Waals surface area contributed by atoms with Gasteiger partial charge in [-0.15, -0.1) is 0 Å². The second kappa shape index (κ2) is 12.1. The van der Waals surface area contributed by atoms with Crippen molar-refractivity contribution in [3.05, 3.63) is 65.2 Å². The minimum atomic E-state index is -2.57. The van der Waals surface area contributed by atoms with E-state index in [1.165, 1.54) is 4.90 Å². The van der Waals surface area contributed by atoms with Crippen LogP contribution < -0.4 is 9.64 Å². The fourth-order valence-electron chi connectivity index (χ4n) is 7.29. The highest BCUT2D eigenvalue weighted by atomic mass is 19.3. The summed E-state index contributed by atoms with van der Waals surface area (Å²) in [4.78, 5) is 25.3. The predicted octanol–water partition coefficient (Wildman–Crippen LogP) is 6.45. The van der Waals surface area contributed by atoms with Crippen LogP contribution in [0.5, 0.6) is 5.75 Å². The number of pyridine rings is 2. The van der Waals surface area contributed by atoms with E-state index in [0.717, 1.165) is 18.7 Å². The maximum Gasteiger partial charge on any atom is 0.265 e. The number of piperidine rings is 1. The van der Waals surface area contributed by atoms with Crippen LogP contribution in [0.4, 0.5) is 23.2 Å². The molecule has 2 aliphatic heterocycles. The number of aromatic nitrogens is 4. The summed E-state index contributed by atoms with van der Waals surface area (Å²) in [6, 6.07) is 8.23. The van der Waals surface area contributed by atoms with E-state index < -0.39 is 23.5 Å². The highest BCUT2D eigenvalue weighted by Crippen LogP contribution is 2.44. The zero-order valence-corrected chi connectivity index (χ0v) is 26.9. The molecule has 0 bridgehead atoms. The van der Waals surface area contributed by atoms with E-state index in [1.54, 1.807) is 24.4 Å². The van der Waals surface area contributed by atoms with Crippen molar-refractivity contribution in [1.29, 1.82) is 5.26 Å². The summed E-state index contributed by atoms with van der Waals surface area (Å²) in [7, 11) is 0. The van der Waals surface area contributed by atoms with E-state index >= 15 is 0 Å². The van der Waals surface area contributed by atoms with Crippen LogP contribution in [0.25, 0.3) is 22.2 Å². The van der Waals surface area contributed by atoms with Gasteiger partial charge in [-0.3, -0.25) is 19.6 Å². The molecule has 1 saturated carbocycles. The molecule has 7 rings (SSSR count). The molecule has 250 valence electrons. The molecule has 0 N–H and O–H groups in total. The number of halogens is 4. The summed E-state index contributed by atoms with van der Waals surface area (Å²) < 4.78 is 62.9. The van der Waals surface area contributed by atoms with Crippen molar-refractivity contribution in [3.8, 4) is 22.9 Å². The van der Waals surface area contributed by atoms with E-state index in [4.69, 9.17) is 14.8 Å². The minimum absolute atomic E-state index is 0.00794. The van der Waals surface area contributed by atoms with Gasteiger partial charge in [-0.1, -0.05) is 26.8 Å². The maximum absolute atomic E-state index is 14.5. The number of amides is 1. The van der Waals surface area contributed by atoms with Crippen LogP contribution in [0, 0.1) is 34.8 Å². The van der Waals surface area contributed by atoms with Crippen molar-refractivity contribution in [2.75, 3.05) is 24.6 Å². The van der Waals surface area contributed by atoms with Crippen molar-refractivity contribution >= 4 is 22.6 Å². The lowest BCUT2D eigenvalue weighted by molar-refractivity contribution is -0.131. The Morgan fingerprint density at radius 1 is 1.15 bits per heavy atom. The highest BCUT2D eigenvalue weighted by Gasteiger charge is 2.49. The minimum Gasteiger partial charge on any atom is -0.482 e. The van der Waals surface area contributed by atoms with Crippen LogP contribution in [-0.4, -0.2) is 62.2 Å². The molecule has 1 amide bonds. The number of likely N-dealkylation sites (tertiary alicyclic amines) is 1. The number of ether oxygens (including phenoxy) is 1. The standard InChI is InChI=1S/C35H35F4N7O2/c1-19(2)8-27-24(13-40)33(21-4-5-30-31(9-21)48-18-32(47)45(30)17-28-26(37)10-22(36)14-41-28)25-15-42-46(34(25)43-27)29-6-7-44(16-20(29)3)23-11-35(38,39)12-23/h4-5,9-10,14-15,19-20,23,29H,6-8,11-12,16-18H2,1-3H3/t20-,29-/m1/s1. The molecular formula is C35H35F4N7O2. The average molecular weight is 662 g/mol. The van der Waals surface area contributed by atoms with Crippen molar-refractivity contribution in [2.24, 2.45) is 11.8 Å². The van der Waals surface area contributed by atoms with E-state index in [2.05, 4.69) is 36.7 Å². The average Bonchev–Trinajstić information content (AvgIpc) is 3.44. The van der Waals surface area contributed by atoms with E-state index in [-0.39, 0.29) is 55.6 Å². The lowest BCUT2D eigenvalue weighted by Gasteiger charge is -2.47. The topological polar surface area (TPSA) is 100 Å². The Hall–Kier alpha value is -4.57. The smallest absolute Gasteiger partial charge is 0.265 e. The second-order valence-electron chi connectivity index (χ2n) is 13.6. The van der Waals surface area contributed by atoms with Gasteiger partial charge in [0.2, 0.25) is 0 Å². The monoisotopic (exact) mass is 661 g/mol. The summed E-state index contributed by atoms with van der Waals surface area (Å²) >= 11 is 0. The number of carbonyl (C=O) groups excluding carboxylic acids is 1. The van der Waals surface area contributed by atoms with Crippen LogP contribution in [0.3, 0.4) is 0 Å². The molecule has 9 nitrogen and oxygen atoms in total. The maximum atomic E-state index is 14.5. The highest BCUT2D eigenvalue weighted by molar-refractivity contribution is 6.00. The fourth-order valence-corrected chi connectivity index (χ4v) is 7.29. The molecule has 0 radical (unpaired) electrons. The first-order valence-electron chi connectivity index (χ1n) is 16.2. The molecule has 1 aromatic carbocycles. The van der Waals surface area contributed by atoms with Gasteiger partial charge in [0.1, 0.15) is 23.5 Å². The Bertz CT molecular complexity index is 1950. The number of anilines is 1. The van der Waals surface area contributed by atoms with E-state index in [0.29, 0.717) is 64.4 Å². The number of rotatable bonds is 7. The van der Waals surface area contributed by atoms with E-state index in [9.17, 15) is 27.6 Å². The number of carbonyl (C=O) groups is 1. The predicted molar refractivity (Wildman–Crippen MR) is 169 cm³/mol. The number of hydrogen-bond donors (Lipinski definition) is 0. The zero-order valence-electron chi connectivity index (χ0n) is 26.9. The lowest BCUT2D eigenvalue weighted by Crippen LogP contribution is -2.54. The van der Waals surface area contributed by atoms with Gasteiger partial charge in [-0.05, 0) is 42.4 Å². The SMILES string of the molecule is CC(C)Cc1nc2c(cnn2[C@@H]2CCN(C3CC(F)(F)C3)C[C@H]2C)c(-c2ccc3c(c2)OCC(=O)N3Cc2ncc(F)cc2F)c1C#N. The van der Waals surface area contributed by atoms with Crippen LogP contribution >= 0.6 is 0 Å². The van der Waals surface area contributed by atoms with Gasteiger partial charge in [0, 0.05) is 49.0 Å². The molecule has 48 heavy (non-hydrogen) atoms. The molecule has 4 aromatic rings. The van der Waals surface area contributed by atoms with Gasteiger partial charge in [0.25, 0.3) is 11.8 Å². The molecule has 0 spiro atoms. The summed E-state index contributed by atoms with van der Waals surface area (Å²) in [6.07, 6.45) is 3.73. The summed E-state index contributed by atoms with van der Waals surface area (Å²) in [6.45, 7) is 7.10. The Balaban J connectivity index is 1.27. The van der Waals surface area contributed by atoms with E-state index in [1.807, 2.05) is 4.68 Å². The van der Waals surface area contributed by atoms with Gasteiger partial charge in [0.15, 0.2) is 12.3 Å². The Morgan fingerprint density at radius 3 is 2.62 bits per heavy atom. The largest absolute Gasteiger partial charge is 0.482 e. The van der Waals surface area contributed by atoms with Gasteiger partial charge < -0.3 is 4.74 Å². The molecule has 5 heterocycles. The zero-order chi connectivity index (χ0) is 33.9. The fraction of sp³-hybridized carbons (Fsp3) is 0.457. The Labute approximate surface area is 275 Å². The number of nitriles is 1. The van der Waals surface area contributed by atoms with Crippen LogP contribution in [0.1, 0.15) is 63.0 Å². The van der Waals surface area contributed by atoms with Crippen LogP contribution in [0.15, 0.2) is 36.7 Å². The molecular weight excluding hydrogens is 626 g/mol. The van der Waals surface area contributed by atoms with Gasteiger partial charge >= 0.3 is 0 Å². The first-order chi connectivity index (χ1) is 22.9. The summed E-state index contributed by atoms with van der Waals surface area (Å²) in [5, 5.41) is 16.0. The molecule has 1 saturated heterocycles. The summed E-state index contributed by atoms with van der Waals surface area (Å²) in [5.41, 5.74) is 3.34. The molecule has 3 aliphatic rings. The third-order valence-electron chi connectivity index (χ3n) is 9.71. The lowest BCUT2D eigenvalue weighted by atomic mass is 9.83. The second-order valence-corrected chi connectivity index (χ2v) is 13.6. The van der Waals surface area contributed by atoms with Gasteiger partial charge in [-0.25, -0.2) is 27.2 Å². The third-order valence-corrected chi connectivity index (χ3v) is 9.71. The third kappa shape index (κ3) is 5.76. The first-order valence-corrected chi connectivity index (χ1v) is 16.2. The van der Waals surface area contributed by atoms with Crippen molar-refractivity contribution < 1.29 is 27.1 Å². The molecule has 1 aliphatic carbocycles. The Morgan fingerprint density at radius 2 is 1.94 bits per heavy atom. The van der Waals surface area contributed by atoms with Gasteiger partial charge in [0.05, 0.1) is 47.6 Å². The van der Waals surface area contributed by atoms with Gasteiger partial charge in [-0.2, -0.15) is 10.4 Å². The molecule has 0 unspecified atom stereocenters. The normalized spacial score (nSPS) is 21.2. The number of nitrogens with zero attached hydrogens (tertiary/aromatic N) is 7. The number of fused-ring (bicyclic) bond motifs is 2. The quantitative estimate of drug-likeness (QED) is 0.210. The van der Waals surface area contributed by atoms with Crippen LogP contribution in [0.2, 0.25) is 0 Å². The van der Waals surface area contributed by atoms with Crippen LogP contribution in [-0.2, 0) is 17.8 Å². The van der Waals surface area contributed by atoms with Crippen molar-refractivity contribution in [2.45, 2.75) is 71.0 Å². The molecule has 2 fully saturated rings.